The van der Waals surface area contributed by atoms with Crippen molar-refractivity contribution in [2.24, 2.45) is 0 Å². The minimum Gasteiger partial charge on any atom is -0.355 e. The zero-order chi connectivity index (χ0) is 12.8. The Morgan fingerprint density at radius 3 is 2.89 bits per heavy atom. The maximum atomic E-state index is 12.1. The lowest BCUT2D eigenvalue weighted by molar-refractivity contribution is -0.123. The van der Waals surface area contributed by atoms with E-state index in [4.69, 9.17) is 0 Å². The Morgan fingerprint density at radius 2 is 2.22 bits per heavy atom. The molecule has 104 valence electrons. The summed E-state index contributed by atoms with van der Waals surface area (Å²) >= 11 is 1.81. The van der Waals surface area contributed by atoms with E-state index in [2.05, 4.69) is 22.5 Å². The molecule has 0 radical (unpaired) electrons. The van der Waals surface area contributed by atoms with Crippen molar-refractivity contribution >= 4 is 17.7 Å². The summed E-state index contributed by atoms with van der Waals surface area (Å²) in [6.07, 6.45) is 3.27. The molecule has 1 unspecified atom stereocenters. The average molecular weight is 271 g/mol. The Bertz CT molecular complexity index is 273. The number of piperazine rings is 1. The van der Waals surface area contributed by atoms with Gasteiger partial charge in [-0.05, 0) is 38.5 Å². The van der Waals surface area contributed by atoms with Gasteiger partial charge in [0.1, 0.15) is 0 Å². The highest BCUT2D eigenvalue weighted by Gasteiger charge is 2.36. The fraction of sp³-hybridized carbons (Fsp3) is 0.923. The first kappa shape index (κ1) is 14.2. The summed E-state index contributed by atoms with van der Waals surface area (Å²) in [5.74, 6) is 1.37. The van der Waals surface area contributed by atoms with Crippen molar-refractivity contribution in [1.82, 2.24) is 15.5 Å². The minimum absolute atomic E-state index is 0.158. The molecule has 2 saturated heterocycles. The molecule has 0 bridgehead atoms. The van der Waals surface area contributed by atoms with E-state index in [0.29, 0.717) is 0 Å². The number of nitrogens with one attached hydrogen (secondary N) is 2. The number of carbonyl (C=O) groups is 1. The molecule has 2 fully saturated rings. The predicted octanol–water partition coefficient (Wildman–Crippen LogP) is 0.684. The van der Waals surface area contributed by atoms with Crippen LogP contribution in [-0.4, -0.2) is 60.6 Å². The van der Waals surface area contributed by atoms with Gasteiger partial charge in [0, 0.05) is 32.7 Å². The first-order chi connectivity index (χ1) is 8.71. The van der Waals surface area contributed by atoms with Gasteiger partial charge in [0.25, 0.3) is 0 Å². The molecule has 0 aromatic carbocycles. The molecule has 2 N–H and O–H groups in total. The molecule has 2 aliphatic rings. The molecule has 1 amide bonds. The third-order valence-corrected chi connectivity index (χ3v) is 5.36. The van der Waals surface area contributed by atoms with Crippen LogP contribution in [0, 0.1) is 0 Å². The van der Waals surface area contributed by atoms with Gasteiger partial charge in [-0.1, -0.05) is 0 Å². The first-order valence-corrected chi connectivity index (χ1v) is 8.05. The van der Waals surface area contributed by atoms with Crippen LogP contribution in [0.15, 0.2) is 0 Å². The Balaban J connectivity index is 1.58. The second-order valence-electron chi connectivity index (χ2n) is 5.38. The summed E-state index contributed by atoms with van der Waals surface area (Å²) in [5.41, 5.74) is 0. The molecule has 0 aromatic rings. The maximum absolute atomic E-state index is 12.1. The van der Waals surface area contributed by atoms with E-state index in [1.807, 2.05) is 11.8 Å². The van der Waals surface area contributed by atoms with Crippen molar-refractivity contribution in [3.8, 4) is 0 Å². The first-order valence-electron chi connectivity index (χ1n) is 7.06. The van der Waals surface area contributed by atoms with E-state index in [1.54, 1.807) is 0 Å². The molecule has 2 heterocycles. The van der Waals surface area contributed by atoms with Crippen molar-refractivity contribution < 1.29 is 4.79 Å². The molecule has 2 aliphatic heterocycles. The molecule has 1 atom stereocenters. The van der Waals surface area contributed by atoms with E-state index in [9.17, 15) is 4.79 Å². The van der Waals surface area contributed by atoms with Crippen molar-refractivity contribution in [2.45, 2.75) is 30.9 Å². The SMILES string of the molecule is CC1(C(=O)NCCCN2CCNCC2)CCCS1. The quantitative estimate of drug-likeness (QED) is 0.722. The normalized spacial score (nSPS) is 29.4. The number of hydrogen-bond acceptors (Lipinski definition) is 4. The third kappa shape index (κ3) is 3.87. The van der Waals surface area contributed by atoms with Crippen LogP contribution >= 0.6 is 11.8 Å². The molecular formula is C13H25N3OS. The van der Waals surface area contributed by atoms with Crippen LogP contribution in [0.3, 0.4) is 0 Å². The van der Waals surface area contributed by atoms with Gasteiger partial charge in [0.2, 0.25) is 5.91 Å². The topological polar surface area (TPSA) is 44.4 Å². The summed E-state index contributed by atoms with van der Waals surface area (Å²) in [6, 6.07) is 0. The molecule has 2 rings (SSSR count). The molecule has 5 heteroatoms. The van der Waals surface area contributed by atoms with Crippen LogP contribution in [-0.2, 0) is 4.79 Å². The molecule has 4 nitrogen and oxygen atoms in total. The second-order valence-corrected chi connectivity index (χ2v) is 6.98. The standard InChI is InChI=1S/C13H25N3OS/c1-13(4-2-11-18-13)12(17)15-5-3-8-16-9-6-14-7-10-16/h14H,2-11H2,1H3,(H,15,17). The fourth-order valence-corrected chi connectivity index (χ4v) is 3.82. The van der Waals surface area contributed by atoms with Crippen molar-refractivity contribution in [3.05, 3.63) is 0 Å². The van der Waals surface area contributed by atoms with Gasteiger partial charge in [0.15, 0.2) is 0 Å². The fourth-order valence-electron chi connectivity index (χ4n) is 2.58. The van der Waals surface area contributed by atoms with Crippen molar-refractivity contribution in [3.63, 3.8) is 0 Å². The van der Waals surface area contributed by atoms with E-state index in [-0.39, 0.29) is 10.7 Å². The number of amides is 1. The molecule has 18 heavy (non-hydrogen) atoms. The number of rotatable bonds is 5. The highest BCUT2D eigenvalue weighted by atomic mass is 32.2. The van der Waals surface area contributed by atoms with E-state index in [1.165, 1.54) is 6.42 Å². The number of nitrogens with zero attached hydrogens (tertiary/aromatic N) is 1. The smallest absolute Gasteiger partial charge is 0.235 e. The van der Waals surface area contributed by atoms with Gasteiger partial charge in [-0.3, -0.25) is 4.79 Å². The molecule has 0 aromatic heterocycles. The van der Waals surface area contributed by atoms with Gasteiger partial charge in [-0.2, -0.15) is 0 Å². The van der Waals surface area contributed by atoms with Crippen LogP contribution in [0.5, 0.6) is 0 Å². The van der Waals surface area contributed by atoms with Crippen LogP contribution in [0.4, 0.5) is 0 Å². The largest absolute Gasteiger partial charge is 0.355 e. The highest BCUT2D eigenvalue weighted by molar-refractivity contribution is 8.01. The van der Waals surface area contributed by atoms with Gasteiger partial charge >= 0.3 is 0 Å². The van der Waals surface area contributed by atoms with E-state index >= 15 is 0 Å². The molecule has 0 saturated carbocycles. The summed E-state index contributed by atoms with van der Waals surface area (Å²) in [4.78, 5) is 14.5. The summed E-state index contributed by atoms with van der Waals surface area (Å²) < 4.78 is -0.158. The lowest BCUT2D eigenvalue weighted by Crippen LogP contribution is -2.45. The van der Waals surface area contributed by atoms with Crippen LogP contribution in [0.2, 0.25) is 0 Å². The second kappa shape index (κ2) is 6.78. The zero-order valence-corrected chi connectivity index (χ0v) is 12.2. The summed E-state index contributed by atoms with van der Waals surface area (Å²) in [7, 11) is 0. The predicted molar refractivity (Wildman–Crippen MR) is 77.0 cm³/mol. The van der Waals surface area contributed by atoms with Gasteiger partial charge in [-0.15, -0.1) is 11.8 Å². The number of carbonyl (C=O) groups excluding carboxylic acids is 1. The van der Waals surface area contributed by atoms with Gasteiger partial charge in [-0.25, -0.2) is 0 Å². The Hall–Kier alpha value is -0.260. The lowest BCUT2D eigenvalue weighted by Gasteiger charge is -2.27. The van der Waals surface area contributed by atoms with Crippen molar-refractivity contribution in [1.29, 1.82) is 0 Å². The number of thioether (sulfide) groups is 1. The highest BCUT2D eigenvalue weighted by Crippen LogP contribution is 2.37. The Morgan fingerprint density at radius 1 is 1.44 bits per heavy atom. The Labute approximate surface area is 114 Å². The van der Waals surface area contributed by atoms with Gasteiger partial charge < -0.3 is 15.5 Å². The minimum atomic E-state index is -0.158. The molecular weight excluding hydrogens is 246 g/mol. The zero-order valence-electron chi connectivity index (χ0n) is 11.3. The van der Waals surface area contributed by atoms with E-state index < -0.39 is 0 Å². The average Bonchev–Trinajstić information content (AvgIpc) is 2.84. The monoisotopic (exact) mass is 271 g/mol. The third-order valence-electron chi connectivity index (χ3n) is 3.85. The maximum Gasteiger partial charge on any atom is 0.235 e. The summed E-state index contributed by atoms with van der Waals surface area (Å²) in [6.45, 7) is 8.48. The molecule has 0 spiro atoms. The van der Waals surface area contributed by atoms with Crippen LogP contribution in [0.25, 0.3) is 0 Å². The lowest BCUT2D eigenvalue weighted by atomic mass is 10.1. The van der Waals surface area contributed by atoms with Crippen LogP contribution < -0.4 is 10.6 Å². The summed E-state index contributed by atoms with van der Waals surface area (Å²) in [5, 5.41) is 6.45. The Kier molecular flexibility index (Phi) is 5.33. The van der Waals surface area contributed by atoms with Crippen molar-refractivity contribution in [2.75, 3.05) is 45.0 Å². The molecule has 0 aliphatic carbocycles. The van der Waals surface area contributed by atoms with E-state index in [0.717, 1.165) is 57.9 Å². The number of hydrogen-bond donors (Lipinski definition) is 2. The van der Waals surface area contributed by atoms with Gasteiger partial charge in [0.05, 0.1) is 4.75 Å². The van der Waals surface area contributed by atoms with Crippen LogP contribution in [0.1, 0.15) is 26.2 Å².